The van der Waals surface area contributed by atoms with Gasteiger partial charge in [0.1, 0.15) is 16.2 Å². The molecule has 0 spiro atoms. The molecule has 7 nitrogen and oxygen atoms in total. The van der Waals surface area contributed by atoms with Crippen LogP contribution in [0.25, 0.3) is 10.6 Å². The van der Waals surface area contributed by atoms with E-state index in [0.717, 1.165) is 17.0 Å². The Bertz CT molecular complexity index is 730. The van der Waals surface area contributed by atoms with Crippen molar-refractivity contribution in [2.75, 3.05) is 13.7 Å². The highest BCUT2D eigenvalue weighted by molar-refractivity contribution is 7.17. The number of amides is 1. The Balaban J connectivity index is 1.81. The van der Waals surface area contributed by atoms with Gasteiger partial charge in [0.25, 0.3) is 0 Å². The van der Waals surface area contributed by atoms with Crippen molar-refractivity contribution in [3.05, 3.63) is 29.3 Å². The van der Waals surface area contributed by atoms with Crippen LogP contribution in [0.1, 0.15) is 36.9 Å². The van der Waals surface area contributed by atoms with Gasteiger partial charge in [0, 0.05) is 19.3 Å². The number of hydrogen-bond donors (Lipinski definition) is 1. The molecule has 0 bridgehead atoms. The van der Waals surface area contributed by atoms with E-state index in [-0.39, 0.29) is 5.97 Å². The van der Waals surface area contributed by atoms with Crippen LogP contribution in [0.2, 0.25) is 0 Å². The number of esters is 1. The highest BCUT2D eigenvalue weighted by Gasteiger charge is 2.15. The molecule has 8 heteroatoms. The number of aryl methyl sites for hydroxylation is 1. The Morgan fingerprint density at radius 2 is 2.04 bits per heavy atom. The molecule has 0 fully saturated rings. The van der Waals surface area contributed by atoms with Crippen molar-refractivity contribution in [3.63, 3.8) is 0 Å². The highest BCUT2D eigenvalue weighted by Crippen LogP contribution is 2.27. The summed E-state index contributed by atoms with van der Waals surface area (Å²) in [5, 5.41) is 7.20. The molecule has 25 heavy (non-hydrogen) atoms. The van der Waals surface area contributed by atoms with E-state index in [1.165, 1.54) is 18.4 Å². The van der Waals surface area contributed by atoms with Crippen LogP contribution in [-0.2, 0) is 16.0 Å². The van der Waals surface area contributed by atoms with Gasteiger partial charge in [-0.05, 0) is 45.4 Å². The Kier molecular flexibility index (Phi) is 6.19. The highest BCUT2D eigenvalue weighted by atomic mass is 32.1. The quantitative estimate of drug-likeness (QED) is 0.627. The first-order valence-electron chi connectivity index (χ1n) is 7.97. The van der Waals surface area contributed by atoms with Gasteiger partial charge in [0.2, 0.25) is 0 Å². The molecular weight excluding hydrogens is 342 g/mol. The summed E-state index contributed by atoms with van der Waals surface area (Å²) in [4.78, 5) is 24.5. The van der Waals surface area contributed by atoms with Gasteiger partial charge >= 0.3 is 12.1 Å². The maximum atomic E-state index is 11.5. The Hall–Kier alpha value is -2.35. The minimum absolute atomic E-state index is 0.344. The van der Waals surface area contributed by atoms with Crippen molar-refractivity contribution >= 4 is 23.4 Å². The van der Waals surface area contributed by atoms with E-state index in [9.17, 15) is 9.59 Å². The number of methoxy groups -OCH3 is 1. The van der Waals surface area contributed by atoms with Gasteiger partial charge in [0.05, 0.1) is 12.0 Å². The SMILES string of the molecule is COC(=O)c1ccc(-c2ccn(CCCNC(=O)OC(C)(C)C)n2)s1. The molecule has 0 aliphatic heterocycles. The number of nitrogens with one attached hydrogen (secondary N) is 1. The van der Waals surface area contributed by atoms with Gasteiger partial charge in [-0.2, -0.15) is 5.10 Å². The predicted molar refractivity (Wildman–Crippen MR) is 95.7 cm³/mol. The van der Waals surface area contributed by atoms with Crippen molar-refractivity contribution in [1.29, 1.82) is 0 Å². The van der Waals surface area contributed by atoms with Gasteiger partial charge in [-0.3, -0.25) is 4.68 Å². The first-order chi connectivity index (χ1) is 11.8. The zero-order valence-electron chi connectivity index (χ0n) is 14.9. The van der Waals surface area contributed by atoms with Gasteiger partial charge in [-0.25, -0.2) is 9.59 Å². The Morgan fingerprint density at radius 1 is 1.28 bits per heavy atom. The van der Waals surface area contributed by atoms with Crippen LogP contribution in [0.3, 0.4) is 0 Å². The van der Waals surface area contributed by atoms with E-state index in [2.05, 4.69) is 10.4 Å². The molecule has 1 N–H and O–H groups in total. The maximum absolute atomic E-state index is 11.5. The summed E-state index contributed by atoms with van der Waals surface area (Å²) in [7, 11) is 1.36. The van der Waals surface area contributed by atoms with E-state index in [1.54, 1.807) is 6.07 Å². The fraction of sp³-hybridized carbons (Fsp3) is 0.471. The number of ether oxygens (including phenoxy) is 2. The average Bonchev–Trinajstić information content (AvgIpc) is 3.18. The molecule has 1 amide bonds. The largest absolute Gasteiger partial charge is 0.465 e. The lowest BCUT2D eigenvalue weighted by Crippen LogP contribution is -2.33. The van der Waals surface area contributed by atoms with E-state index < -0.39 is 11.7 Å². The standard InChI is InChI=1S/C17H23N3O4S/c1-17(2,3)24-16(22)18-9-5-10-20-11-8-12(19-20)13-6-7-14(25-13)15(21)23-4/h6-8,11H,5,9-10H2,1-4H3,(H,18,22). The first-order valence-corrected chi connectivity index (χ1v) is 8.79. The molecule has 0 saturated heterocycles. The van der Waals surface area contributed by atoms with Crippen LogP contribution in [0, 0.1) is 0 Å². The van der Waals surface area contributed by atoms with E-state index in [4.69, 9.17) is 9.47 Å². The third-order valence-electron chi connectivity index (χ3n) is 3.12. The lowest BCUT2D eigenvalue weighted by Gasteiger charge is -2.19. The first kappa shape index (κ1) is 19.0. The average molecular weight is 365 g/mol. The predicted octanol–water partition coefficient (Wildman–Crippen LogP) is 3.31. The van der Waals surface area contributed by atoms with Gasteiger partial charge in [-0.15, -0.1) is 11.3 Å². The second-order valence-electron chi connectivity index (χ2n) is 6.40. The van der Waals surface area contributed by atoms with Crippen molar-refractivity contribution < 1.29 is 19.1 Å². The molecule has 0 aliphatic carbocycles. The number of rotatable bonds is 6. The minimum Gasteiger partial charge on any atom is -0.465 e. The molecule has 0 saturated carbocycles. The fourth-order valence-corrected chi connectivity index (χ4v) is 2.94. The van der Waals surface area contributed by atoms with Crippen LogP contribution in [0.4, 0.5) is 4.79 Å². The van der Waals surface area contributed by atoms with Crippen LogP contribution < -0.4 is 5.32 Å². The number of alkyl carbamates (subject to hydrolysis) is 1. The maximum Gasteiger partial charge on any atom is 0.407 e. The Labute approximate surface area is 150 Å². The topological polar surface area (TPSA) is 82.5 Å². The second-order valence-corrected chi connectivity index (χ2v) is 7.49. The molecular formula is C17H23N3O4S. The third kappa shape index (κ3) is 5.90. The van der Waals surface area contributed by atoms with Crippen molar-refractivity contribution in [2.24, 2.45) is 0 Å². The molecule has 0 aromatic carbocycles. The fourth-order valence-electron chi connectivity index (χ4n) is 2.05. The van der Waals surface area contributed by atoms with Crippen LogP contribution >= 0.6 is 11.3 Å². The summed E-state index contributed by atoms with van der Waals surface area (Å²) < 4.78 is 11.7. The number of nitrogens with zero attached hydrogens (tertiary/aromatic N) is 2. The molecule has 2 rings (SSSR count). The third-order valence-corrected chi connectivity index (χ3v) is 4.21. The summed E-state index contributed by atoms with van der Waals surface area (Å²) in [6, 6.07) is 5.48. The summed E-state index contributed by atoms with van der Waals surface area (Å²) in [6.07, 6.45) is 2.20. The second kappa shape index (κ2) is 8.15. The van der Waals surface area contributed by atoms with Gasteiger partial charge < -0.3 is 14.8 Å². The number of carbonyl (C=O) groups excluding carboxylic acids is 2. The molecule has 0 unspecified atom stereocenters. The zero-order chi connectivity index (χ0) is 18.4. The summed E-state index contributed by atoms with van der Waals surface area (Å²) in [5.74, 6) is -0.344. The smallest absolute Gasteiger partial charge is 0.407 e. The summed E-state index contributed by atoms with van der Waals surface area (Å²) in [6.45, 7) is 6.66. The lowest BCUT2D eigenvalue weighted by atomic mass is 10.2. The van der Waals surface area contributed by atoms with Crippen LogP contribution in [0.5, 0.6) is 0 Å². The number of hydrogen-bond acceptors (Lipinski definition) is 6. The molecule has 2 heterocycles. The van der Waals surface area contributed by atoms with Crippen LogP contribution in [-0.4, -0.2) is 41.1 Å². The minimum atomic E-state index is -0.495. The molecule has 0 atom stereocenters. The van der Waals surface area contributed by atoms with E-state index in [1.807, 2.05) is 43.8 Å². The van der Waals surface area contributed by atoms with E-state index >= 15 is 0 Å². The van der Waals surface area contributed by atoms with Crippen molar-refractivity contribution in [1.82, 2.24) is 15.1 Å². The number of thiophene rings is 1. The Morgan fingerprint density at radius 3 is 2.72 bits per heavy atom. The number of carbonyl (C=O) groups is 2. The zero-order valence-corrected chi connectivity index (χ0v) is 15.7. The van der Waals surface area contributed by atoms with Crippen molar-refractivity contribution in [2.45, 2.75) is 39.3 Å². The molecule has 2 aromatic heterocycles. The van der Waals surface area contributed by atoms with Gasteiger partial charge in [-0.1, -0.05) is 0 Å². The van der Waals surface area contributed by atoms with Crippen molar-refractivity contribution in [3.8, 4) is 10.6 Å². The molecule has 136 valence electrons. The van der Waals surface area contributed by atoms with E-state index in [0.29, 0.717) is 18.0 Å². The monoisotopic (exact) mass is 365 g/mol. The summed E-state index contributed by atoms with van der Waals surface area (Å²) in [5.41, 5.74) is 0.310. The normalized spacial score (nSPS) is 11.2. The molecule has 0 aliphatic rings. The lowest BCUT2D eigenvalue weighted by molar-refractivity contribution is 0.0525. The van der Waals surface area contributed by atoms with Crippen LogP contribution in [0.15, 0.2) is 24.4 Å². The molecule has 0 radical (unpaired) electrons. The van der Waals surface area contributed by atoms with Gasteiger partial charge in [0.15, 0.2) is 0 Å². The molecule has 2 aromatic rings. The summed E-state index contributed by atoms with van der Waals surface area (Å²) >= 11 is 1.35. The number of aromatic nitrogens is 2.